The second-order valence-electron chi connectivity index (χ2n) is 5.53. The van der Waals surface area contributed by atoms with Crippen molar-refractivity contribution in [3.8, 4) is 5.75 Å². The van der Waals surface area contributed by atoms with E-state index in [-0.39, 0.29) is 17.4 Å². The summed E-state index contributed by atoms with van der Waals surface area (Å²) in [5.74, 6) is 0.0750. The van der Waals surface area contributed by atoms with E-state index in [0.29, 0.717) is 17.4 Å². The Morgan fingerprint density at radius 1 is 1.38 bits per heavy atom. The summed E-state index contributed by atoms with van der Waals surface area (Å²) in [4.78, 5) is 14.3. The van der Waals surface area contributed by atoms with Gasteiger partial charge in [-0.05, 0) is 37.5 Å². The molecular weight excluding hydrogens is 314 g/mol. The number of fused-ring (bicyclic) bond motifs is 1. The van der Waals surface area contributed by atoms with E-state index in [0.717, 1.165) is 19.3 Å². The average Bonchev–Trinajstić information content (AvgIpc) is 2.77. The van der Waals surface area contributed by atoms with Crippen LogP contribution < -0.4 is 4.74 Å². The van der Waals surface area contributed by atoms with Crippen LogP contribution in [0.15, 0.2) is 23.1 Å². The van der Waals surface area contributed by atoms with E-state index in [9.17, 15) is 13.2 Å². The van der Waals surface area contributed by atoms with Crippen LogP contribution in [0.1, 0.15) is 30.7 Å². The predicted molar refractivity (Wildman–Crippen MR) is 78.1 cm³/mol. The normalized spacial score (nSPS) is 21.3. The molecule has 1 amide bonds. The minimum absolute atomic E-state index is 0.00230. The first-order valence-corrected chi connectivity index (χ1v) is 9.17. The Balaban J connectivity index is 1.90. The molecule has 0 radical (unpaired) electrons. The first kappa shape index (κ1) is 14.7. The number of nitrogens with zero attached hydrogens (tertiary/aromatic N) is 1. The smallest absolute Gasteiger partial charge is 0.261 e. The fraction of sp³-hybridized carbons (Fsp3) is 0.500. The molecule has 1 heterocycles. The van der Waals surface area contributed by atoms with Crippen LogP contribution in [0.4, 0.5) is 0 Å². The van der Waals surface area contributed by atoms with Gasteiger partial charge in [-0.3, -0.25) is 4.79 Å². The topological polar surface area (TPSA) is 63.7 Å². The molecule has 1 saturated carbocycles. The maximum Gasteiger partial charge on any atom is 0.261 e. The monoisotopic (exact) mass is 329 g/mol. The SMILES string of the molecule is CN(C(=O)C1COc2ccc(S(=O)(=O)Cl)cc21)C1CCC1. The van der Waals surface area contributed by atoms with E-state index in [1.807, 2.05) is 0 Å². The highest BCUT2D eigenvalue weighted by Crippen LogP contribution is 2.38. The van der Waals surface area contributed by atoms with Crippen LogP contribution in [0, 0.1) is 0 Å². The molecule has 0 spiro atoms. The standard InChI is InChI=1S/C14H16ClNO4S/c1-16(9-3-2-4-9)14(17)12-8-20-13-6-5-10(7-11(12)13)21(15,18)19/h5-7,9,12H,2-4,8H2,1H3. The molecule has 5 nitrogen and oxygen atoms in total. The molecule has 1 aliphatic carbocycles. The van der Waals surface area contributed by atoms with E-state index in [1.54, 1.807) is 18.0 Å². The van der Waals surface area contributed by atoms with Crippen molar-refractivity contribution >= 4 is 25.6 Å². The summed E-state index contributed by atoms with van der Waals surface area (Å²) in [6.07, 6.45) is 3.20. The summed E-state index contributed by atoms with van der Waals surface area (Å²) in [6, 6.07) is 4.69. The average molecular weight is 330 g/mol. The number of likely N-dealkylation sites (N-methyl/N-ethyl adjacent to an activating group) is 1. The van der Waals surface area contributed by atoms with E-state index in [1.165, 1.54) is 12.1 Å². The van der Waals surface area contributed by atoms with Gasteiger partial charge in [-0.25, -0.2) is 8.42 Å². The molecule has 1 fully saturated rings. The van der Waals surface area contributed by atoms with Gasteiger partial charge in [-0.15, -0.1) is 0 Å². The molecule has 0 aromatic heterocycles. The molecule has 0 N–H and O–H groups in total. The minimum atomic E-state index is -3.81. The van der Waals surface area contributed by atoms with E-state index in [2.05, 4.69) is 0 Å². The Labute approximate surface area is 128 Å². The lowest BCUT2D eigenvalue weighted by Gasteiger charge is -2.36. The molecule has 1 aromatic rings. The number of halogens is 1. The number of hydrogen-bond donors (Lipinski definition) is 0. The van der Waals surface area contributed by atoms with Crippen LogP contribution in [0.2, 0.25) is 0 Å². The maximum absolute atomic E-state index is 12.6. The highest BCUT2D eigenvalue weighted by Gasteiger charge is 2.36. The second-order valence-corrected chi connectivity index (χ2v) is 8.10. The molecule has 2 aliphatic rings. The fourth-order valence-corrected chi connectivity index (χ4v) is 3.54. The summed E-state index contributed by atoms with van der Waals surface area (Å²) < 4.78 is 28.4. The van der Waals surface area contributed by atoms with Gasteiger partial charge >= 0.3 is 0 Å². The largest absolute Gasteiger partial charge is 0.492 e. The maximum atomic E-state index is 12.6. The van der Waals surface area contributed by atoms with Gasteiger partial charge in [0.05, 0.1) is 4.90 Å². The van der Waals surface area contributed by atoms with Gasteiger partial charge in [0.15, 0.2) is 0 Å². The minimum Gasteiger partial charge on any atom is -0.492 e. The van der Waals surface area contributed by atoms with Crippen LogP contribution in [-0.4, -0.2) is 38.9 Å². The highest BCUT2D eigenvalue weighted by atomic mass is 35.7. The summed E-state index contributed by atoms with van der Waals surface area (Å²) in [6.45, 7) is 0.247. The molecule has 1 unspecified atom stereocenters. The van der Waals surface area contributed by atoms with Crippen LogP contribution >= 0.6 is 10.7 Å². The van der Waals surface area contributed by atoms with Gasteiger partial charge in [0.1, 0.15) is 18.3 Å². The fourth-order valence-electron chi connectivity index (χ4n) is 2.75. The Kier molecular flexibility index (Phi) is 3.61. The van der Waals surface area contributed by atoms with E-state index < -0.39 is 15.0 Å². The van der Waals surface area contributed by atoms with Crippen LogP contribution in [-0.2, 0) is 13.8 Å². The first-order chi connectivity index (χ1) is 9.88. The Morgan fingerprint density at radius 2 is 2.10 bits per heavy atom. The first-order valence-electron chi connectivity index (χ1n) is 6.86. The highest BCUT2D eigenvalue weighted by molar-refractivity contribution is 8.13. The van der Waals surface area contributed by atoms with Crippen LogP contribution in [0.3, 0.4) is 0 Å². The molecule has 1 aliphatic heterocycles. The molecule has 1 aromatic carbocycles. The number of amides is 1. The van der Waals surface area contributed by atoms with Crippen molar-refractivity contribution < 1.29 is 17.9 Å². The molecule has 0 saturated heterocycles. The van der Waals surface area contributed by atoms with E-state index >= 15 is 0 Å². The van der Waals surface area contributed by atoms with Crippen molar-refractivity contribution in [2.24, 2.45) is 0 Å². The molecular formula is C14H16ClNO4S. The quantitative estimate of drug-likeness (QED) is 0.797. The van der Waals surface area contributed by atoms with Gasteiger partial charge < -0.3 is 9.64 Å². The van der Waals surface area contributed by atoms with Crippen molar-refractivity contribution in [2.75, 3.05) is 13.7 Å². The third kappa shape index (κ3) is 2.62. The number of carbonyl (C=O) groups excluding carboxylic acids is 1. The number of carbonyl (C=O) groups is 1. The zero-order valence-electron chi connectivity index (χ0n) is 11.6. The van der Waals surface area contributed by atoms with Gasteiger partial charge in [-0.2, -0.15) is 0 Å². The molecule has 3 rings (SSSR count). The van der Waals surface area contributed by atoms with Crippen molar-refractivity contribution in [3.63, 3.8) is 0 Å². The Hall–Kier alpha value is -1.27. The van der Waals surface area contributed by atoms with Crippen molar-refractivity contribution in [1.82, 2.24) is 4.90 Å². The molecule has 114 valence electrons. The number of rotatable bonds is 3. The Bertz CT molecular complexity index is 684. The lowest BCUT2D eigenvalue weighted by Crippen LogP contribution is -2.43. The van der Waals surface area contributed by atoms with Crippen molar-refractivity contribution in [2.45, 2.75) is 36.1 Å². The second kappa shape index (κ2) is 5.18. The summed E-state index contributed by atoms with van der Waals surface area (Å²) in [5, 5.41) is 0. The van der Waals surface area contributed by atoms with Gasteiger partial charge in [0.2, 0.25) is 5.91 Å². The van der Waals surface area contributed by atoms with Crippen molar-refractivity contribution in [3.05, 3.63) is 23.8 Å². The lowest BCUT2D eigenvalue weighted by atomic mass is 9.90. The van der Waals surface area contributed by atoms with E-state index in [4.69, 9.17) is 15.4 Å². The number of hydrogen-bond acceptors (Lipinski definition) is 4. The van der Waals surface area contributed by atoms with Gasteiger partial charge in [-0.1, -0.05) is 0 Å². The van der Waals surface area contributed by atoms with Crippen LogP contribution in [0.5, 0.6) is 5.75 Å². The number of benzene rings is 1. The molecule has 21 heavy (non-hydrogen) atoms. The van der Waals surface area contributed by atoms with Gasteiger partial charge in [0, 0.05) is 29.3 Å². The van der Waals surface area contributed by atoms with Gasteiger partial charge in [0.25, 0.3) is 9.05 Å². The third-order valence-electron chi connectivity index (χ3n) is 4.31. The molecule has 0 bridgehead atoms. The molecule has 1 atom stereocenters. The summed E-state index contributed by atoms with van der Waals surface area (Å²) in [5.41, 5.74) is 0.605. The molecule has 7 heteroatoms. The summed E-state index contributed by atoms with van der Waals surface area (Å²) >= 11 is 0. The summed E-state index contributed by atoms with van der Waals surface area (Å²) in [7, 11) is 3.35. The zero-order valence-corrected chi connectivity index (χ0v) is 13.2. The predicted octanol–water partition coefficient (Wildman–Crippen LogP) is 2.10. The lowest BCUT2D eigenvalue weighted by molar-refractivity contribution is -0.135. The third-order valence-corrected chi connectivity index (χ3v) is 5.66. The van der Waals surface area contributed by atoms with Crippen LogP contribution in [0.25, 0.3) is 0 Å². The van der Waals surface area contributed by atoms with Crippen molar-refractivity contribution in [1.29, 1.82) is 0 Å². The Morgan fingerprint density at radius 3 is 2.67 bits per heavy atom. The number of ether oxygens (including phenoxy) is 1. The zero-order chi connectivity index (χ0) is 15.2.